The lowest BCUT2D eigenvalue weighted by Gasteiger charge is -2.17. The standard InChI is InChI=1S/C9H20N2O2/c1-4-8(10)9(13)11-6(2)5-7(3)12/h6-8,12H,4-5,10H2,1-3H3,(H,11,13)/t6?,7?,8-/m1/s1. The van der Waals surface area contributed by atoms with Crippen LogP contribution >= 0.6 is 0 Å². The average molecular weight is 188 g/mol. The minimum Gasteiger partial charge on any atom is -0.393 e. The lowest BCUT2D eigenvalue weighted by Crippen LogP contribution is -2.44. The molecule has 0 spiro atoms. The van der Waals surface area contributed by atoms with Crippen molar-refractivity contribution in [3.05, 3.63) is 0 Å². The van der Waals surface area contributed by atoms with Gasteiger partial charge in [-0.3, -0.25) is 4.79 Å². The highest BCUT2D eigenvalue weighted by molar-refractivity contribution is 5.81. The fourth-order valence-electron chi connectivity index (χ4n) is 1.11. The monoisotopic (exact) mass is 188 g/mol. The normalized spacial score (nSPS) is 17.6. The van der Waals surface area contributed by atoms with E-state index in [1.807, 2.05) is 13.8 Å². The van der Waals surface area contributed by atoms with E-state index in [4.69, 9.17) is 10.8 Å². The zero-order chi connectivity index (χ0) is 10.4. The van der Waals surface area contributed by atoms with Gasteiger partial charge in [0.25, 0.3) is 0 Å². The van der Waals surface area contributed by atoms with Crippen LogP contribution in [-0.2, 0) is 4.79 Å². The Morgan fingerprint density at radius 3 is 2.46 bits per heavy atom. The lowest BCUT2D eigenvalue weighted by atomic mass is 10.1. The molecule has 0 radical (unpaired) electrons. The second-order valence-corrected chi connectivity index (χ2v) is 3.51. The molecule has 4 heteroatoms. The van der Waals surface area contributed by atoms with E-state index in [0.29, 0.717) is 12.8 Å². The molecule has 0 bridgehead atoms. The summed E-state index contributed by atoms with van der Waals surface area (Å²) in [6, 6.07) is -0.457. The van der Waals surface area contributed by atoms with Gasteiger partial charge < -0.3 is 16.2 Å². The van der Waals surface area contributed by atoms with Gasteiger partial charge in [-0.05, 0) is 26.7 Å². The van der Waals surface area contributed by atoms with Crippen molar-refractivity contribution in [1.82, 2.24) is 5.32 Å². The van der Waals surface area contributed by atoms with Crippen LogP contribution in [0.5, 0.6) is 0 Å². The summed E-state index contributed by atoms with van der Waals surface area (Å²) in [5.41, 5.74) is 5.52. The minimum atomic E-state index is -0.434. The SMILES string of the molecule is CC[C@@H](N)C(=O)NC(C)CC(C)O. The van der Waals surface area contributed by atoms with Crippen LogP contribution in [-0.4, -0.2) is 29.2 Å². The predicted molar refractivity (Wildman–Crippen MR) is 52.2 cm³/mol. The van der Waals surface area contributed by atoms with Gasteiger partial charge in [-0.2, -0.15) is 0 Å². The summed E-state index contributed by atoms with van der Waals surface area (Å²) in [5, 5.41) is 11.8. The molecule has 0 fully saturated rings. The van der Waals surface area contributed by atoms with Gasteiger partial charge in [-0.15, -0.1) is 0 Å². The average Bonchev–Trinajstić information content (AvgIpc) is 2.01. The van der Waals surface area contributed by atoms with Gasteiger partial charge in [0.05, 0.1) is 12.1 Å². The van der Waals surface area contributed by atoms with Crippen molar-refractivity contribution in [2.24, 2.45) is 5.73 Å². The van der Waals surface area contributed by atoms with Gasteiger partial charge in [0.2, 0.25) is 5.91 Å². The Bertz CT molecular complexity index is 160. The number of carbonyl (C=O) groups excluding carboxylic acids is 1. The van der Waals surface area contributed by atoms with Gasteiger partial charge in [-0.1, -0.05) is 6.92 Å². The van der Waals surface area contributed by atoms with Gasteiger partial charge in [0.1, 0.15) is 0 Å². The molecule has 13 heavy (non-hydrogen) atoms. The molecule has 0 aromatic carbocycles. The number of aliphatic hydroxyl groups is 1. The first kappa shape index (κ1) is 12.4. The highest BCUT2D eigenvalue weighted by Crippen LogP contribution is 1.97. The zero-order valence-corrected chi connectivity index (χ0v) is 8.58. The summed E-state index contributed by atoms with van der Waals surface area (Å²) in [6.45, 7) is 5.42. The van der Waals surface area contributed by atoms with E-state index in [2.05, 4.69) is 5.32 Å². The molecule has 0 heterocycles. The van der Waals surface area contributed by atoms with E-state index >= 15 is 0 Å². The van der Waals surface area contributed by atoms with Gasteiger partial charge >= 0.3 is 0 Å². The topological polar surface area (TPSA) is 75.4 Å². The number of carbonyl (C=O) groups is 1. The second kappa shape index (κ2) is 5.94. The Labute approximate surface area is 79.5 Å². The highest BCUT2D eigenvalue weighted by atomic mass is 16.3. The van der Waals surface area contributed by atoms with Crippen LogP contribution in [0.15, 0.2) is 0 Å². The van der Waals surface area contributed by atoms with Gasteiger partial charge in [0, 0.05) is 6.04 Å². The lowest BCUT2D eigenvalue weighted by molar-refractivity contribution is -0.123. The molecule has 3 atom stereocenters. The Morgan fingerprint density at radius 2 is 2.08 bits per heavy atom. The van der Waals surface area contributed by atoms with Crippen LogP contribution in [0, 0.1) is 0 Å². The maximum atomic E-state index is 11.2. The summed E-state index contributed by atoms with van der Waals surface area (Å²) in [7, 11) is 0. The van der Waals surface area contributed by atoms with Crippen LogP contribution in [0.3, 0.4) is 0 Å². The number of nitrogens with two attached hydrogens (primary N) is 1. The maximum Gasteiger partial charge on any atom is 0.237 e. The molecule has 0 aliphatic heterocycles. The molecule has 0 rings (SSSR count). The van der Waals surface area contributed by atoms with E-state index in [9.17, 15) is 4.79 Å². The summed E-state index contributed by atoms with van der Waals surface area (Å²) >= 11 is 0. The van der Waals surface area contributed by atoms with Crippen molar-refractivity contribution in [1.29, 1.82) is 0 Å². The number of rotatable bonds is 5. The van der Waals surface area contributed by atoms with Crippen molar-refractivity contribution in [3.8, 4) is 0 Å². The summed E-state index contributed by atoms with van der Waals surface area (Å²) in [5.74, 6) is -0.143. The fourth-order valence-corrected chi connectivity index (χ4v) is 1.11. The molecular formula is C9H20N2O2. The molecule has 0 saturated carbocycles. The van der Waals surface area contributed by atoms with Crippen molar-refractivity contribution >= 4 is 5.91 Å². The van der Waals surface area contributed by atoms with Crippen molar-refractivity contribution < 1.29 is 9.90 Å². The van der Waals surface area contributed by atoms with E-state index in [-0.39, 0.29) is 11.9 Å². The van der Waals surface area contributed by atoms with Crippen molar-refractivity contribution in [3.63, 3.8) is 0 Å². The molecule has 78 valence electrons. The Hall–Kier alpha value is -0.610. The largest absolute Gasteiger partial charge is 0.393 e. The van der Waals surface area contributed by atoms with Crippen molar-refractivity contribution in [2.45, 2.75) is 51.8 Å². The second-order valence-electron chi connectivity index (χ2n) is 3.51. The van der Waals surface area contributed by atoms with E-state index in [1.54, 1.807) is 6.92 Å². The predicted octanol–water partition coefficient (Wildman–Crippen LogP) is -0.000700. The summed E-state index contributed by atoms with van der Waals surface area (Å²) in [6.07, 6.45) is 0.795. The van der Waals surface area contributed by atoms with E-state index in [1.165, 1.54) is 0 Å². The molecule has 2 unspecified atom stereocenters. The summed E-state index contributed by atoms with van der Waals surface area (Å²) in [4.78, 5) is 11.2. The van der Waals surface area contributed by atoms with Crippen LogP contribution in [0.25, 0.3) is 0 Å². The minimum absolute atomic E-state index is 0.0231. The summed E-state index contributed by atoms with van der Waals surface area (Å²) < 4.78 is 0. The number of hydrogen-bond donors (Lipinski definition) is 3. The molecule has 0 aromatic heterocycles. The molecule has 0 aliphatic carbocycles. The zero-order valence-electron chi connectivity index (χ0n) is 8.58. The van der Waals surface area contributed by atoms with Crippen LogP contribution in [0.2, 0.25) is 0 Å². The molecule has 4 N–H and O–H groups in total. The third-order valence-electron chi connectivity index (χ3n) is 1.86. The Morgan fingerprint density at radius 1 is 1.54 bits per heavy atom. The van der Waals surface area contributed by atoms with Crippen LogP contribution < -0.4 is 11.1 Å². The molecule has 0 aliphatic rings. The smallest absolute Gasteiger partial charge is 0.237 e. The first-order valence-electron chi connectivity index (χ1n) is 4.71. The first-order chi connectivity index (χ1) is 5.97. The molecule has 1 amide bonds. The van der Waals surface area contributed by atoms with E-state index < -0.39 is 12.1 Å². The number of nitrogens with one attached hydrogen (secondary N) is 1. The number of amides is 1. The molecular weight excluding hydrogens is 168 g/mol. The number of hydrogen-bond acceptors (Lipinski definition) is 3. The Kier molecular flexibility index (Phi) is 5.66. The Balaban J connectivity index is 3.77. The highest BCUT2D eigenvalue weighted by Gasteiger charge is 2.14. The third kappa shape index (κ3) is 5.60. The molecule has 0 saturated heterocycles. The van der Waals surface area contributed by atoms with E-state index in [0.717, 1.165) is 0 Å². The van der Waals surface area contributed by atoms with Gasteiger partial charge in [0.15, 0.2) is 0 Å². The van der Waals surface area contributed by atoms with Crippen LogP contribution in [0.4, 0.5) is 0 Å². The van der Waals surface area contributed by atoms with Crippen molar-refractivity contribution in [2.75, 3.05) is 0 Å². The molecule has 0 aromatic rings. The quantitative estimate of drug-likeness (QED) is 0.568. The maximum absolute atomic E-state index is 11.2. The van der Waals surface area contributed by atoms with Gasteiger partial charge in [-0.25, -0.2) is 0 Å². The molecule has 4 nitrogen and oxygen atoms in total. The third-order valence-corrected chi connectivity index (χ3v) is 1.86. The fraction of sp³-hybridized carbons (Fsp3) is 0.889. The first-order valence-corrected chi connectivity index (χ1v) is 4.71. The number of aliphatic hydroxyl groups excluding tert-OH is 1. The van der Waals surface area contributed by atoms with Crippen LogP contribution in [0.1, 0.15) is 33.6 Å².